The van der Waals surface area contributed by atoms with E-state index in [0.717, 1.165) is 33.4 Å². The van der Waals surface area contributed by atoms with Gasteiger partial charge in [-0.25, -0.2) is 13.1 Å². The third-order valence-electron chi connectivity index (χ3n) is 5.60. The van der Waals surface area contributed by atoms with Crippen LogP contribution < -0.4 is 9.62 Å². The molecule has 34 heavy (non-hydrogen) atoms. The Kier molecular flexibility index (Phi) is 6.68. The van der Waals surface area contributed by atoms with Crippen LogP contribution in [0.3, 0.4) is 0 Å². The maximum atomic E-state index is 12.9. The number of rotatable bonds is 8. The number of aromatic nitrogens is 2. The van der Waals surface area contributed by atoms with Crippen LogP contribution in [0.5, 0.6) is 0 Å². The van der Waals surface area contributed by atoms with E-state index in [1.54, 1.807) is 24.7 Å². The molecule has 0 bridgehead atoms. The normalized spacial score (nSPS) is 13.6. The molecule has 1 aliphatic rings. The van der Waals surface area contributed by atoms with Gasteiger partial charge in [-0.3, -0.25) is 13.9 Å². The minimum atomic E-state index is -3.80. The number of nitrogens with zero attached hydrogens (tertiary/aromatic N) is 3. The molecule has 0 unspecified atom stereocenters. The van der Waals surface area contributed by atoms with Crippen molar-refractivity contribution in [3.63, 3.8) is 0 Å². The molecule has 1 aliphatic carbocycles. The van der Waals surface area contributed by atoms with E-state index >= 15 is 0 Å². The van der Waals surface area contributed by atoms with Crippen molar-refractivity contribution < 1.29 is 22.7 Å². The number of sulfonamides is 1. The van der Waals surface area contributed by atoms with Gasteiger partial charge >= 0.3 is 5.97 Å². The van der Waals surface area contributed by atoms with Gasteiger partial charge in [0.1, 0.15) is 12.2 Å². The molecule has 4 rings (SSSR count). The van der Waals surface area contributed by atoms with Crippen LogP contribution in [0.15, 0.2) is 40.9 Å². The summed E-state index contributed by atoms with van der Waals surface area (Å²) in [5.74, 6) is -0.813. The van der Waals surface area contributed by atoms with Crippen molar-refractivity contribution in [2.24, 2.45) is 0 Å². The second kappa shape index (κ2) is 9.38. The number of ether oxygens (including phenoxy) is 1. The minimum absolute atomic E-state index is 0.138. The van der Waals surface area contributed by atoms with Crippen LogP contribution in [-0.4, -0.2) is 56.5 Å². The van der Waals surface area contributed by atoms with Crippen molar-refractivity contribution in [3.8, 4) is 5.69 Å². The molecule has 9 nitrogen and oxygen atoms in total. The third-order valence-corrected chi connectivity index (χ3v) is 7.25. The Morgan fingerprint density at radius 2 is 1.91 bits per heavy atom. The Balaban J connectivity index is 1.95. The number of benzene rings is 2. The van der Waals surface area contributed by atoms with Crippen molar-refractivity contribution in [1.82, 2.24) is 15.1 Å². The van der Waals surface area contributed by atoms with Crippen molar-refractivity contribution >= 4 is 54.4 Å². The van der Waals surface area contributed by atoms with Crippen LogP contribution in [0.4, 0.5) is 5.69 Å². The minimum Gasteiger partial charge on any atom is -0.465 e. The molecule has 1 saturated carbocycles. The van der Waals surface area contributed by atoms with E-state index in [2.05, 4.69) is 26.3 Å². The molecule has 0 spiro atoms. The van der Waals surface area contributed by atoms with Crippen molar-refractivity contribution in [1.29, 1.82) is 0 Å². The molecule has 0 aliphatic heterocycles. The van der Waals surface area contributed by atoms with Crippen LogP contribution in [0.25, 0.3) is 16.6 Å². The van der Waals surface area contributed by atoms with Gasteiger partial charge in [-0.1, -0.05) is 15.9 Å². The monoisotopic (exact) mass is 548 g/mol. The molecule has 0 radical (unpaired) electrons. The molecular weight excluding hydrogens is 524 g/mol. The van der Waals surface area contributed by atoms with Gasteiger partial charge in [-0.15, -0.1) is 0 Å². The van der Waals surface area contributed by atoms with Gasteiger partial charge in [-0.05, 0) is 67.6 Å². The summed E-state index contributed by atoms with van der Waals surface area (Å²) in [5.41, 5.74) is 2.62. The number of carbonyl (C=O) groups is 2. The zero-order valence-electron chi connectivity index (χ0n) is 19.0. The molecule has 1 heterocycles. The summed E-state index contributed by atoms with van der Waals surface area (Å²) in [4.78, 5) is 25.1. The molecule has 2 aromatic carbocycles. The van der Waals surface area contributed by atoms with E-state index in [0.29, 0.717) is 28.0 Å². The molecule has 0 saturated heterocycles. The van der Waals surface area contributed by atoms with E-state index in [1.165, 1.54) is 0 Å². The van der Waals surface area contributed by atoms with E-state index in [9.17, 15) is 18.0 Å². The number of fused-ring (bicyclic) bond motifs is 1. The lowest BCUT2D eigenvalue weighted by atomic mass is 10.0. The van der Waals surface area contributed by atoms with E-state index in [1.807, 2.05) is 30.3 Å². The van der Waals surface area contributed by atoms with Gasteiger partial charge in [0.05, 0.1) is 29.8 Å². The summed E-state index contributed by atoms with van der Waals surface area (Å²) in [7, 11) is -2.25. The number of halogens is 1. The third kappa shape index (κ3) is 4.80. The fraction of sp³-hybridized carbons (Fsp3) is 0.348. The maximum Gasteiger partial charge on any atom is 0.326 e. The summed E-state index contributed by atoms with van der Waals surface area (Å²) in [6.45, 7) is 1.38. The zero-order valence-corrected chi connectivity index (χ0v) is 21.4. The highest BCUT2D eigenvalue weighted by Gasteiger charge is 2.33. The first-order valence-corrected chi connectivity index (χ1v) is 13.5. The van der Waals surface area contributed by atoms with E-state index < -0.39 is 22.5 Å². The molecule has 1 aromatic heterocycles. The number of nitrogens with one attached hydrogen (secondary N) is 1. The lowest BCUT2D eigenvalue weighted by Gasteiger charge is -2.24. The van der Waals surface area contributed by atoms with Gasteiger partial charge in [0.25, 0.3) is 5.91 Å². The Labute approximate surface area is 206 Å². The smallest absolute Gasteiger partial charge is 0.326 e. The highest BCUT2D eigenvalue weighted by Crippen LogP contribution is 2.46. The largest absolute Gasteiger partial charge is 0.465 e. The zero-order chi connectivity index (χ0) is 24.6. The number of hydrogen-bond acceptors (Lipinski definition) is 6. The van der Waals surface area contributed by atoms with Gasteiger partial charge in [-0.2, -0.15) is 5.10 Å². The van der Waals surface area contributed by atoms with Crippen molar-refractivity contribution in [2.75, 3.05) is 30.8 Å². The first-order chi connectivity index (χ1) is 16.1. The SMILES string of the molecule is CCOC(=O)CN(c1cc2nn(-c3ccc(Br)cc3)c(C(=O)NC)c2cc1C1CC1)S(C)(=O)=O. The topological polar surface area (TPSA) is 111 Å². The molecule has 1 N–H and O–H groups in total. The second-order valence-corrected chi connectivity index (χ2v) is 10.9. The second-order valence-electron chi connectivity index (χ2n) is 8.09. The molecule has 1 fully saturated rings. The number of hydrogen-bond donors (Lipinski definition) is 1. The highest BCUT2D eigenvalue weighted by atomic mass is 79.9. The highest BCUT2D eigenvalue weighted by molar-refractivity contribution is 9.10. The molecule has 11 heteroatoms. The first kappa shape index (κ1) is 24.2. The summed E-state index contributed by atoms with van der Waals surface area (Å²) in [5, 5.41) is 7.93. The number of carbonyl (C=O) groups excluding carboxylic acids is 2. The predicted octanol–water partition coefficient (Wildman–Crippen LogP) is 3.35. The molecular formula is C23H25BrN4O5S. The summed E-state index contributed by atoms with van der Waals surface area (Å²) in [6, 6.07) is 10.8. The van der Waals surface area contributed by atoms with E-state index in [4.69, 9.17) is 4.74 Å². The average molecular weight is 549 g/mol. The Morgan fingerprint density at radius 1 is 1.24 bits per heavy atom. The van der Waals surface area contributed by atoms with Crippen LogP contribution in [0.1, 0.15) is 41.7 Å². The van der Waals surface area contributed by atoms with Crippen molar-refractivity contribution in [3.05, 3.63) is 52.1 Å². The Hall–Kier alpha value is -2.92. The molecule has 3 aromatic rings. The molecule has 1 amide bonds. The number of anilines is 1. The summed E-state index contributed by atoms with van der Waals surface area (Å²) < 4.78 is 33.9. The standard InChI is InChI=1S/C23H25BrN4O5S/c1-4-33-21(29)13-27(34(3,31)32)20-12-19-18(11-17(20)14-5-6-14)22(23(30)25-2)28(26-19)16-9-7-15(24)8-10-16/h7-12,14H,4-6,13H2,1-3H3,(H,25,30). The van der Waals surface area contributed by atoms with Crippen LogP contribution >= 0.6 is 15.9 Å². The lowest BCUT2D eigenvalue weighted by molar-refractivity contribution is -0.141. The first-order valence-electron chi connectivity index (χ1n) is 10.8. The number of amides is 1. The van der Waals surface area contributed by atoms with Crippen molar-refractivity contribution in [2.45, 2.75) is 25.7 Å². The van der Waals surface area contributed by atoms with Crippen LogP contribution in [0, 0.1) is 0 Å². The summed E-state index contributed by atoms with van der Waals surface area (Å²) in [6.07, 6.45) is 2.85. The predicted molar refractivity (Wildman–Crippen MR) is 133 cm³/mol. The quantitative estimate of drug-likeness (QED) is 0.432. The lowest BCUT2D eigenvalue weighted by Crippen LogP contribution is -2.36. The molecule has 180 valence electrons. The fourth-order valence-corrected chi connectivity index (χ4v) is 5.01. The summed E-state index contributed by atoms with van der Waals surface area (Å²) >= 11 is 3.41. The van der Waals surface area contributed by atoms with Crippen LogP contribution in [-0.2, 0) is 19.6 Å². The Morgan fingerprint density at radius 3 is 2.47 bits per heavy atom. The number of esters is 1. The fourth-order valence-electron chi connectivity index (χ4n) is 3.89. The van der Waals surface area contributed by atoms with Gasteiger partial charge in [0.2, 0.25) is 10.0 Å². The van der Waals surface area contributed by atoms with E-state index in [-0.39, 0.29) is 18.4 Å². The Bertz CT molecular complexity index is 1360. The van der Waals surface area contributed by atoms with Gasteiger partial charge in [0, 0.05) is 16.9 Å². The maximum absolute atomic E-state index is 12.9. The van der Waals surface area contributed by atoms with Gasteiger partial charge < -0.3 is 10.1 Å². The molecule has 0 atom stereocenters. The average Bonchev–Trinajstić information content (AvgIpc) is 3.56. The van der Waals surface area contributed by atoms with Gasteiger partial charge in [0.15, 0.2) is 0 Å². The van der Waals surface area contributed by atoms with Crippen LogP contribution in [0.2, 0.25) is 0 Å².